The van der Waals surface area contributed by atoms with Gasteiger partial charge in [0.05, 0.1) is 9.83 Å². The number of rotatable bonds is 4. The molecule has 0 saturated heterocycles. The van der Waals surface area contributed by atoms with E-state index >= 15 is 0 Å². The highest BCUT2D eigenvalue weighted by Crippen LogP contribution is 2.23. The molecule has 2 rings (SSSR count). The Labute approximate surface area is 108 Å². The van der Waals surface area contributed by atoms with Gasteiger partial charge < -0.3 is 9.73 Å². The third-order valence-corrected chi connectivity index (χ3v) is 4.02. The van der Waals surface area contributed by atoms with Gasteiger partial charge in [0.15, 0.2) is 0 Å². The van der Waals surface area contributed by atoms with Crippen LogP contribution >= 0.6 is 27.3 Å². The van der Waals surface area contributed by atoms with E-state index in [2.05, 4.69) is 40.3 Å². The van der Waals surface area contributed by atoms with Gasteiger partial charge in [-0.2, -0.15) is 0 Å². The Bertz CT molecular complexity index is 463. The lowest BCUT2D eigenvalue weighted by atomic mass is 10.2. The normalized spacial score (nSPS) is 12.9. The van der Waals surface area contributed by atoms with E-state index in [4.69, 9.17) is 4.42 Å². The summed E-state index contributed by atoms with van der Waals surface area (Å²) in [4.78, 5) is 1.32. The fraction of sp³-hybridized carbons (Fsp3) is 0.333. The Morgan fingerprint density at radius 3 is 2.75 bits per heavy atom. The van der Waals surface area contributed by atoms with E-state index in [0.717, 1.165) is 18.1 Å². The molecule has 86 valence electrons. The van der Waals surface area contributed by atoms with Crippen LogP contribution in [0.5, 0.6) is 0 Å². The predicted octanol–water partition coefficient (Wildman–Crippen LogP) is 4.26. The first kappa shape index (κ1) is 11.9. The molecule has 1 unspecified atom stereocenters. The summed E-state index contributed by atoms with van der Waals surface area (Å²) in [5.74, 6) is 1.95. The number of hydrogen-bond acceptors (Lipinski definition) is 3. The zero-order valence-corrected chi connectivity index (χ0v) is 11.7. The molecule has 1 atom stereocenters. The molecule has 0 aliphatic carbocycles. The Morgan fingerprint density at radius 2 is 2.19 bits per heavy atom. The quantitative estimate of drug-likeness (QED) is 0.912. The number of furan rings is 1. The van der Waals surface area contributed by atoms with Gasteiger partial charge in [0.2, 0.25) is 0 Å². The fourth-order valence-corrected chi connectivity index (χ4v) is 2.92. The third kappa shape index (κ3) is 2.97. The van der Waals surface area contributed by atoms with Crippen LogP contribution in [-0.2, 0) is 6.54 Å². The lowest BCUT2D eigenvalue weighted by molar-refractivity contribution is 0.416. The maximum Gasteiger partial charge on any atom is 0.120 e. The van der Waals surface area contributed by atoms with Gasteiger partial charge in [0.1, 0.15) is 11.5 Å². The minimum atomic E-state index is 0.245. The van der Waals surface area contributed by atoms with E-state index in [-0.39, 0.29) is 6.04 Å². The molecule has 0 saturated carbocycles. The topological polar surface area (TPSA) is 25.2 Å². The average molecular weight is 300 g/mol. The van der Waals surface area contributed by atoms with E-state index < -0.39 is 0 Å². The smallest absolute Gasteiger partial charge is 0.120 e. The maximum absolute atomic E-state index is 5.57. The molecule has 0 radical (unpaired) electrons. The Hall–Kier alpha value is -0.580. The van der Waals surface area contributed by atoms with Gasteiger partial charge in [-0.05, 0) is 54.0 Å². The number of aryl methyl sites for hydroxylation is 1. The van der Waals surface area contributed by atoms with Crippen LogP contribution in [0.1, 0.15) is 29.4 Å². The standard InChI is InChI=1S/C12H14BrNOS/c1-8-3-5-11(15-8)9(2)14-7-10-4-6-12(13)16-10/h3-6,9,14H,7H2,1-2H3. The molecule has 0 bridgehead atoms. The van der Waals surface area contributed by atoms with Crippen LogP contribution in [0.3, 0.4) is 0 Å². The minimum absolute atomic E-state index is 0.245. The lowest BCUT2D eigenvalue weighted by Gasteiger charge is -2.09. The van der Waals surface area contributed by atoms with Gasteiger partial charge in [-0.3, -0.25) is 0 Å². The number of halogens is 1. The highest BCUT2D eigenvalue weighted by Gasteiger charge is 2.09. The van der Waals surface area contributed by atoms with Crippen molar-refractivity contribution in [3.8, 4) is 0 Å². The van der Waals surface area contributed by atoms with Crippen LogP contribution in [0.25, 0.3) is 0 Å². The molecule has 2 aromatic heterocycles. The van der Waals surface area contributed by atoms with Crippen molar-refractivity contribution in [3.63, 3.8) is 0 Å². The Morgan fingerprint density at radius 1 is 1.38 bits per heavy atom. The zero-order chi connectivity index (χ0) is 11.5. The summed E-state index contributed by atoms with van der Waals surface area (Å²) in [5, 5.41) is 3.44. The second kappa shape index (κ2) is 5.17. The zero-order valence-electron chi connectivity index (χ0n) is 9.29. The van der Waals surface area contributed by atoms with Gasteiger partial charge in [0, 0.05) is 11.4 Å². The van der Waals surface area contributed by atoms with E-state index in [1.165, 1.54) is 8.66 Å². The molecule has 0 amide bonds. The van der Waals surface area contributed by atoms with Crippen molar-refractivity contribution in [2.75, 3.05) is 0 Å². The van der Waals surface area contributed by atoms with Crippen molar-refractivity contribution < 1.29 is 4.42 Å². The van der Waals surface area contributed by atoms with Gasteiger partial charge in [-0.25, -0.2) is 0 Å². The molecule has 0 spiro atoms. The highest BCUT2D eigenvalue weighted by atomic mass is 79.9. The van der Waals surface area contributed by atoms with Crippen LogP contribution in [0.2, 0.25) is 0 Å². The number of nitrogens with one attached hydrogen (secondary N) is 1. The largest absolute Gasteiger partial charge is 0.465 e. The molecular formula is C12H14BrNOS. The monoisotopic (exact) mass is 299 g/mol. The number of hydrogen-bond donors (Lipinski definition) is 1. The van der Waals surface area contributed by atoms with Crippen molar-refractivity contribution in [2.45, 2.75) is 26.4 Å². The van der Waals surface area contributed by atoms with Crippen LogP contribution in [0.15, 0.2) is 32.5 Å². The molecule has 2 aromatic rings. The van der Waals surface area contributed by atoms with E-state index in [0.29, 0.717) is 0 Å². The molecule has 0 aliphatic rings. The minimum Gasteiger partial charge on any atom is -0.465 e. The fourth-order valence-electron chi connectivity index (χ4n) is 1.49. The van der Waals surface area contributed by atoms with Crippen molar-refractivity contribution in [2.24, 2.45) is 0 Å². The summed E-state index contributed by atoms with van der Waals surface area (Å²) < 4.78 is 6.74. The molecule has 0 aliphatic heterocycles. The molecule has 1 N–H and O–H groups in total. The van der Waals surface area contributed by atoms with Crippen LogP contribution in [-0.4, -0.2) is 0 Å². The molecule has 2 heterocycles. The summed E-state index contributed by atoms with van der Waals surface area (Å²) in [5.41, 5.74) is 0. The first-order valence-electron chi connectivity index (χ1n) is 5.19. The van der Waals surface area contributed by atoms with Gasteiger partial charge in [-0.1, -0.05) is 0 Å². The maximum atomic E-state index is 5.57. The van der Waals surface area contributed by atoms with Crippen LogP contribution in [0.4, 0.5) is 0 Å². The summed E-state index contributed by atoms with van der Waals surface area (Å²) in [6.07, 6.45) is 0. The van der Waals surface area contributed by atoms with Crippen LogP contribution in [0, 0.1) is 6.92 Å². The first-order valence-corrected chi connectivity index (χ1v) is 6.80. The third-order valence-electron chi connectivity index (χ3n) is 2.40. The summed E-state index contributed by atoms with van der Waals surface area (Å²) in [6.45, 7) is 4.95. The van der Waals surface area contributed by atoms with Gasteiger partial charge in [-0.15, -0.1) is 11.3 Å². The second-order valence-corrected chi connectivity index (χ2v) is 6.30. The summed E-state index contributed by atoms with van der Waals surface area (Å²) in [6, 6.07) is 8.47. The predicted molar refractivity (Wildman–Crippen MR) is 70.7 cm³/mol. The van der Waals surface area contributed by atoms with E-state index in [9.17, 15) is 0 Å². The average Bonchev–Trinajstić information content (AvgIpc) is 2.84. The molecule has 0 aromatic carbocycles. The Kier molecular flexibility index (Phi) is 3.84. The molecular weight excluding hydrogens is 286 g/mol. The number of thiophene rings is 1. The van der Waals surface area contributed by atoms with E-state index in [1.54, 1.807) is 11.3 Å². The van der Waals surface area contributed by atoms with Crippen molar-refractivity contribution in [1.29, 1.82) is 0 Å². The van der Waals surface area contributed by atoms with Crippen molar-refractivity contribution in [1.82, 2.24) is 5.32 Å². The summed E-state index contributed by atoms with van der Waals surface area (Å²) in [7, 11) is 0. The molecule has 2 nitrogen and oxygen atoms in total. The highest BCUT2D eigenvalue weighted by molar-refractivity contribution is 9.11. The summed E-state index contributed by atoms with van der Waals surface area (Å²) >= 11 is 5.21. The molecule has 0 fully saturated rings. The SMILES string of the molecule is Cc1ccc(C(C)NCc2ccc(Br)s2)o1. The Balaban J connectivity index is 1.91. The first-order chi connectivity index (χ1) is 7.65. The van der Waals surface area contributed by atoms with Crippen molar-refractivity contribution >= 4 is 27.3 Å². The molecule has 16 heavy (non-hydrogen) atoms. The van der Waals surface area contributed by atoms with Crippen molar-refractivity contribution in [3.05, 3.63) is 44.4 Å². The van der Waals surface area contributed by atoms with Gasteiger partial charge in [0.25, 0.3) is 0 Å². The lowest BCUT2D eigenvalue weighted by Crippen LogP contribution is -2.16. The van der Waals surface area contributed by atoms with E-state index in [1.807, 2.05) is 19.1 Å². The second-order valence-electron chi connectivity index (χ2n) is 3.76. The van der Waals surface area contributed by atoms with Gasteiger partial charge >= 0.3 is 0 Å². The molecule has 4 heteroatoms. The van der Waals surface area contributed by atoms with Crippen LogP contribution < -0.4 is 5.32 Å².